The Morgan fingerprint density at radius 1 is 1.12 bits per heavy atom. The fraction of sp³-hybridized carbons (Fsp3) is 1.00. The first-order chi connectivity index (χ1) is 8.24. The molecule has 0 aliphatic heterocycles. The maximum absolute atomic E-state index is 9.66. The molecule has 2 nitrogen and oxygen atoms in total. The topological polar surface area (TPSA) is 32.3 Å². The second-order valence-corrected chi connectivity index (χ2v) is 6.52. The van der Waals surface area contributed by atoms with Crippen molar-refractivity contribution in [2.24, 2.45) is 11.8 Å². The molecule has 2 N–H and O–H groups in total. The van der Waals surface area contributed by atoms with Crippen molar-refractivity contribution in [1.82, 2.24) is 5.32 Å². The van der Waals surface area contributed by atoms with Crippen LogP contribution in [0.4, 0.5) is 0 Å². The predicted molar refractivity (Wildman–Crippen MR) is 72.0 cm³/mol. The van der Waals surface area contributed by atoms with E-state index >= 15 is 0 Å². The quantitative estimate of drug-likeness (QED) is 0.790. The van der Waals surface area contributed by atoms with Gasteiger partial charge in [0, 0.05) is 5.54 Å². The van der Waals surface area contributed by atoms with Gasteiger partial charge in [-0.2, -0.15) is 0 Å². The molecule has 2 saturated carbocycles. The lowest BCUT2D eigenvalue weighted by molar-refractivity contribution is 0.111. The molecule has 2 atom stereocenters. The summed E-state index contributed by atoms with van der Waals surface area (Å²) in [6.45, 7) is 3.84. The lowest BCUT2D eigenvalue weighted by Gasteiger charge is -2.39. The maximum Gasteiger partial charge on any atom is 0.0613 e. The Bertz CT molecular complexity index is 223. The highest BCUT2D eigenvalue weighted by atomic mass is 16.3. The van der Waals surface area contributed by atoms with Crippen molar-refractivity contribution in [1.29, 1.82) is 0 Å². The summed E-state index contributed by atoms with van der Waals surface area (Å²) in [6, 6.07) is 0. The number of aliphatic hydroxyl groups excluding tert-OH is 1. The molecule has 2 aliphatic rings. The fourth-order valence-electron chi connectivity index (χ4n) is 3.73. The molecule has 2 aliphatic carbocycles. The van der Waals surface area contributed by atoms with Crippen LogP contribution in [0.5, 0.6) is 0 Å². The Balaban J connectivity index is 1.78. The summed E-state index contributed by atoms with van der Waals surface area (Å²) in [5, 5.41) is 13.4. The summed E-state index contributed by atoms with van der Waals surface area (Å²) < 4.78 is 0. The summed E-state index contributed by atoms with van der Waals surface area (Å²) in [7, 11) is 0. The van der Waals surface area contributed by atoms with Crippen LogP contribution in [-0.4, -0.2) is 23.8 Å². The van der Waals surface area contributed by atoms with Crippen LogP contribution in [0, 0.1) is 11.8 Å². The fourth-order valence-corrected chi connectivity index (χ4v) is 3.73. The molecule has 100 valence electrons. The van der Waals surface area contributed by atoms with Gasteiger partial charge in [-0.3, -0.25) is 0 Å². The molecule has 0 aromatic heterocycles. The smallest absolute Gasteiger partial charge is 0.0613 e. The monoisotopic (exact) mass is 239 g/mol. The van der Waals surface area contributed by atoms with Gasteiger partial charge in [-0.15, -0.1) is 0 Å². The van der Waals surface area contributed by atoms with E-state index in [1.807, 2.05) is 0 Å². The Kier molecular flexibility index (Phi) is 4.87. The molecule has 2 rings (SSSR count). The molecule has 0 bridgehead atoms. The molecule has 0 spiro atoms. The molecular formula is C15H29NO. The maximum atomic E-state index is 9.66. The molecule has 17 heavy (non-hydrogen) atoms. The van der Waals surface area contributed by atoms with E-state index in [1.54, 1.807) is 0 Å². The second kappa shape index (κ2) is 6.19. The van der Waals surface area contributed by atoms with Gasteiger partial charge in [-0.25, -0.2) is 0 Å². The molecule has 2 heteroatoms. The molecule has 0 aromatic carbocycles. The minimum absolute atomic E-state index is 0.0684. The summed E-state index contributed by atoms with van der Waals surface area (Å²) >= 11 is 0. The van der Waals surface area contributed by atoms with Gasteiger partial charge in [0.15, 0.2) is 0 Å². The average Bonchev–Trinajstić information content (AvgIpc) is 2.38. The summed E-state index contributed by atoms with van der Waals surface area (Å²) in [5.41, 5.74) is 0.0684. The molecule has 0 saturated heterocycles. The lowest BCUT2D eigenvalue weighted by Crippen LogP contribution is -2.51. The van der Waals surface area contributed by atoms with E-state index in [1.165, 1.54) is 57.8 Å². The van der Waals surface area contributed by atoms with Gasteiger partial charge in [-0.1, -0.05) is 39.0 Å². The third-order valence-corrected chi connectivity index (χ3v) is 4.92. The van der Waals surface area contributed by atoms with Crippen molar-refractivity contribution in [3.8, 4) is 0 Å². The Morgan fingerprint density at radius 3 is 2.53 bits per heavy atom. The van der Waals surface area contributed by atoms with Crippen LogP contribution in [0.3, 0.4) is 0 Å². The second-order valence-electron chi connectivity index (χ2n) is 6.52. The Hall–Kier alpha value is -0.0800. The van der Waals surface area contributed by atoms with E-state index in [4.69, 9.17) is 0 Å². The molecule has 2 unspecified atom stereocenters. The number of nitrogens with one attached hydrogen (secondary N) is 1. The summed E-state index contributed by atoms with van der Waals surface area (Å²) in [4.78, 5) is 0. The minimum atomic E-state index is 0.0684. The Morgan fingerprint density at radius 2 is 1.88 bits per heavy atom. The van der Waals surface area contributed by atoms with E-state index in [0.29, 0.717) is 6.61 Å². The first kappa shape index (κ1) is 13.4. The van der Waals surface area contributed by atoms with Crippen molar-refractivity contribution in [3.05, 3.63) is 0 Å². The predicted octanol–water partition coefficient (Wildman–Crippen LogP) is 3.10. The zero-order valence-electron chi connectivity index (χ0n) is 11.4. The number of hydrogen-bond acceptors (Lipinski definition) is 2. The van der Waals surface area contributed by atoms with E-state index in [9.17, 15) is 5.11 Å². The number of aliphatic hydroxyl groups is 1. The van der Waals surface area contributed by atoms with Gasteiger partial charge in [-0.05, 0) is 44.1 Å². The zero-order chi connectivity index (χ0) is 12.1. The van der Waals surface area contributed by atoms with Crippen molar-refractivity contribution >= 4 is 0 Å². The van der Waals surface area contributed by atoms with Crippen LogP contribution in [0.2, 0.25) is 0 Å². The van der Waals surface area contributed by atoms with Gasteiger partial charge >= 0.3 is 0 Å². The third kappa shape index (κ3) is 3.69. The van der Waals surface area contributed by atoms with Gasteiger partial charge < -0.3 is 10.4 Å². The van der Waals surface area contributed by atoms with Gasteiger partial charge in [0.05, 0.1) is 6.61 Å². The average molecular weight is 239 g/mol. The van der Waals surface area contributed by atoms with Gasteiger partial charge in [0.25, 0.3) is 0 Å². The van der Waals surface area contributed by atoms with E-state index < -0.39 is 0 Å². The zero-order valence-corrected chi connectivity index (χ0v) is 11.4. The third-order valence-electron chi connectivity index (χ3n) is 4.92. The number of rotatable bonds is 4. The molecule has 0 aromatic rings. The van der Waals surface area contributed by atoms with E-state index in [-0.39, 0.29) is 5.54 Å². The molecule has 0 heterocycles. The first-order valence-corrected chi connectivity index (χ1v) is 7.60. The van der Waals surface area contributed by atoms with Crippen LogP contribution in [-0.2, 0) is 0 Å². The first-order valence-electron chi connectivity index (χ1n) is 7.60. The Labute approximate surface area is 106 Å². The van der Waals surface area contributed by atoms with Crippen molar-refractivity contribution in [3.63, 3.8) is 0 Å². The van der Waals surface area contributed by atoms with Crippen molar-refractivity contribution in [2.45, 2.75) is 70.3 Å². The van der Waals surface area contributed by atoms with Crippen LogP contribution >= 0.6 is 0 Å². The van der Waals surface area contributed by atoms with Crippen LogP contribution in [0.15, 0.2) is 0 Å². The van der Waals surface area contributed by atoms with E-state index in [2.05, 4.69) is 12.2 Å². The number of hydrogen-bond donors (Lipinski definition) is 2. The highest BCUT2D eigenvalue weighted by Gasteiger charge is 2.31. The van der Waals surface area contributed by atoms with Crippen LogP contribution in [0.1, 0.15) is 64.7 Å². The summed E-state index contributed by atoms with van der Waals surface area (Å²) in [5.74, 6) is 1.76. The standard InChI is InChI=1S/C15H29NO/c1-13-6-5-7-14(10-13)11-16-15(12-17)8-3-2-4-9-15/h13-14,16-17H,2-12H2,1H3. The van der Waals surface area contributed by atoms with Crippen molar-refractivity contribution < 1.29 is 5.11 Å². The highest BCUT2D eigenvalue weighted by molar-refractivity contribution is 4.91. The largest absolute Gasteiger partial charge is 0.394 e. The van der Waals surface area contributed by atoms with Crippen molar-refractivity contribution in [2.75, 3.05) is 13.2 Å². The molecule has 0 amide bonds. The molecular weight excluding hydrogens is 210 g/mol. The lowest BCUT2D eigenvalue weighted by atomic mass is 9.79. The normalized spacial score (nSPS) is 33.5. The van der Waals surface area contributed by atoms with Crippen LogP contribution in [0.25, 0.3) is 0 Å². The van der Waals surface area contributed by atoms with Gasteiger partial charge in [0.1, 0.15) is 0 Å². The van der Waals surface area contributed by atoms with E-state index in [0.717, 1.165) is 18.4 Å². The highest BCUT2D eigenvalue weighted by Crippen LogP contribution is 2.31. The minimum Gasteiger partial charge on any atom is -0.394 e. The van der Waals surface area contributed by atoms with Crippen LogP contribution < -0.4 is 5.32 Å². The summed E-state index contributed by atoms with van der Waals surface area (Å²) in [6.07, 6.45) is 11.9. The molecule has 0 radical (unpaired) electrons. The van der Waals surface area contributed by atoms with Gasteiger partial charge in [0.2, 0.25) is 0 Å². The SMILES string of the molecule is CC1CCCC(CNC2(CO)CCCCC2)C1. The molecule has 2 fully saturated rings.